The van der Waals surface area contributed by atoms with E-state index in [9.17, 15) is 0 Å². The normalized spacial score (nSPS) is 11.6. The van der Waals surface area contributed by atoms with Crippen molar-refractivity contribution in [2.24, 2.45) is 5.92 Å². The third-order valence-corrected chi connectivity index (χ3v) is 3.49. The topological polar surface area (TPSA) is 15.3 Å². The molecule has 0 aromatic heterocycles. The minimum absolute atomic E-state index is 0.729. The molecule has 19 heavy (non-hydrogen) atoms. The zero-order valence-corrected chi connectivity index (χ0v) is 13.5. The van der Waals surface area contributed by atoms with Gasteiger partial charge in [-0.2, -0.15) is 0 Å². The Bertz CT molecular complexity index is 373. The molecule has 1 N–H and O–H groups in total. The summed E-state index contributed by atoms with van der Waals surface area (Å²) in [7, 11) is 2.20. The standard InChI is InChI=1S/C17H30N2/c1-13(2)11-18-7-8-19(6)12-17-15(4)9-14(3)10-16(17)5/h9-10,13,18H,7-8,11-12H2,1-6H3. The van der Waals surface area contributed by atoms with Crippen molar-refractivity contribution >= 4 is 0 Å². The summed E-state index contributed by atoms with van der Waals surface area (Å²) in [5, 5.41) is 3.50. The van der Waals surface area contributed by atoms with Crippen LogP contribution in [0.2, 0.25) is 0 Å². The zero-order valence-electron chi connectivity index (χ0n) is 13.5. The second-order valence-corrected chi connectivity index (χ2v) is 6.21. The Morgan fingerprint density at radius 1 is 1.11 bits per heavy atom. The maximum Gasteiger partial charge on any atom is 0.0236 e. The van der Waals surface area contributed by atoms with Gasteiger partial charge in [0.05, 0.1) is 0 Å². The maximum atomic E-state index is 3.50. The molecule has 0 fully saturated rings. The Kier molecular flexibility index (Phi) is 6.53. The summed E-state index contributed by atoms with van der Waals surface area (Å²) >= 11 is 0. The highest BCUT2D eigenvalue weighted by Crippen LogP contribution is 2.17. The molecule has 1 rings (SSSR count). The van der Waals surface area contributed by atoms with Crippen LogP contribution in [0.25, 0.3) is 0 Å². The molecular weight excluding hydrogens is 232 g/mol. The molecule has 0 atom stereocenters. The quantitative estimate of drug-likeness (QED) is 0.759. The smallest absolute Gasteiger partial charge is 0.0236 e. The Hall–Kier alpha value is -0.860. The van der Waals surface area contributed by atoms with Gasteiger partial charge in [0.25, 0.3) is 0 Å². The van der Waals surface area contributed by atoms with E-state index < -0.39 is 0 Å². The van der Waals surface area contributed by atoms with E-state index in [-0.39, 0.29) is 0 Å². The lowest BCUT2D eigenvalue weighted by Crippen LogP contribution is -2.31. The molecule has 108 valence electrons. The molecule has 0 unspecified atom stereocenters. The predicted octanol–water partition coefficient (Wildman–Crippen LogP) is 3.29. The van der Waals surface area contributed by atoms with Crippen molar-refractivity contribution in [1.29, 1.82) is 0 Å². The highest BCUT2D eigenvalue weighted by Gasteiger charge is 2.07. The number of aryl methyl sites for hydroxylation is 3. The van der Waals surface area contributed by atoms with Crippen molar-refractivity contribution < 1.29 is 0 Å². The van der Waals surface area contributed by atoms with Crippen LogP contribution in [-0.4, -0.2) is 31.6 Å². The van der Waals surface area contributed by atoms with Gasteiger partial charge in [-0.05, 0) is 57.0 Å². The van der Waals surface area contributed by atoms with Crippen molar-refractivity contribution in [2.75, 3.05) is 26.7 Å². The lowest BCUT2D eigenvalue weighted by atomic mass is 9.99. The molecule has 0 aliphatic rings. The monoisotopic (exact) mass is 262 g/mol. The number of hydrogen-bond donors (Lipinski definition) is 1. The van der Waals surface area contributed by atoms with Crippen LogP contribution in [0.3, 0.4) is 0 Å². The van der Waals surface area contributed by atoms with Gasteiger partial charge in [0.1, 0.15) is 0 Å². The molecule has 1 aromatic carbocycles. The minimum atomic E-state index is 0.729. The van der Waals surface area contributed by atoms with Crippen LogP contribution in [-0.2, 0) is 6.54 Å². The average Bonchev–Trinajstić information content (AvgIpc) is 2.29. The summed E-state index contributed by atoms with van der Waals surface area (Å²) in [6, 6.07) is 4.57. The van der Waals surface area contributed by atoms with Crippen molar-refractivity contribution in [3.63, 3.8) is 0 Å². The highest BCUT2D eigenvalue weighted by molar-refractivity contribution is 5.37. The van der Waals surface area contributed by atoms with Gasteiger partial charge in [0.15, 0.2) is 0 Å². The number of likely N-dealkylation sites (N-methyl/N-ethyl adjacent to an activating group) is 1. The van der Waals surface area contributed by atoms with E-state index in [1.807, 2.05) is 0 Å². The van der Waals surface area contributed by atoms with Crippen molar-refractivity contribution in [3.05, 3.63) is 34.4 Å². The van der Waals surface area contributed by atoms with Crippen molar-refractivity contribution in [3.8, 4) is 0 Å². The van der Waals surface area contributed by atoms with E-state index in [0.717, 1.165) is 32.1 Å². The third kappa shape index (κ3) is 5.75. The summed E-state index contributed by atoms with van der Waals surface area (Å²) < 4.78 is 0. The molecular formula is C17H30N2. The summed E-state index contributed by atoms with van der Waals surface area (Å²) in [5.74, 6) is 0.729. The molecule has 0 saturated heterocycles. The molecule has 2 heteroatoms. The van der Waals surface area contributed by atoms with E-state index in [0.29, 0.717) is 0 Å². The van der Waals surface area contributed by atoms with Crippen LogP contribution in [0.4, 0.5) is 0 Å². The molecule has 0 heterocycles. The highest BCUT2D eigenvalue weighted by atomic mass is 15.1. The van der Waals surface area contributed by atoms with Gasteiger partial charge < -0.3 is 10.2 Å². The third-order valence-electron chi connectivity index (χ3n) is 3.49. The van der Waals surface area contributed by atoms with Crippen molar-refractivity contribution in [2.45, 2.75) is 41.2 Å². The Balaban J connectivity index is 2.46. The molecule has 0 aliphatic carbocycles. The molecule has 0 bridgehead atoms. The first-order chi connectivity index (χ1) is 8.90. The van der Waals surface area contributed by atoms with Gasteiger partial charge >= 0.3 is 0 Å². The molecule has 0 saturated carbocycles. The van der Waals surface area contributed by atoms with Gasteiger partial charge in [0.2, 0.25) is 0 Å². The fourth-order valence-electron chi connectivity index (χ4n) is 2.47. The first-order valence-corrected chi connectivity index (χ1v) is 7.36. The molecule has 2 nitrogen and oxygen atoms in total. The summed E-state index contributed by atoms with van der Waals surface area (Å²) in [4.78, 5) is 2.40. The minimum Gasteiger partial charge on any atom is -0.315 e. The van der Waals surface area contributed by atoms with E-state index in [4.69, 9.17) is 0 Å². The first kappa shape index (κ1) is 16.2. The molecule has 0 spiro atoms. The van der Waals surface area contributed by atoms with Crippen LogP contribution >= 0.6 is 0 Å². The van der Waals surface area contributed by atoms with E-state index in [1.165, 1.54) is 22.3 Å². The van der Waals surface area contributed by atoms with Crippen molar-refractivity contribution in [1.82, 2.24) is 10.2 Å². The van der Waals surface area contributed by atoms with Crippen LogP contribution in [0.5, 0.6) is 0 Å². The Morgan fingerprint density at radius 3 is 2.21 bits per heavy atom. The first-order valence-electron chi connectivity index (χ1n) is 7.36. The SMILES string of the molecule is Cc1cc(C)c(CN(C)CCNCC(C)C)c(C)c1. The summed E-state index contributed by atoms with van der Waals surface area (Å²) in [6.45, 7) is 15.4. The lowest BCUT2D eigenvalue weighted by Gasteiger charge is -2.20. The van der Waals surface area contributed by atoms with Crippen LogP contribution in [0.1, 0.15) is 36.1 Å². The second kappa shape index (κ2) is 7.66. The summed E-state index contributed by atoms with van der Waals surface area (Å²) in [5.41, 5.74) is 5.68. The molecule has 1 aromatic rings. The van der Waals surface area contributed by atoms with Gasteiger partial charge in [-0.25, -0.2) is 0 Å². The fourth-order valence-corrected chi connectivity index (χ4v) is 2.47. The Labute approximate surface area is 119 Å². The number of nitrogens with zero attached hydrogens (tertiary/aromatic N) is 1. The zero-order chi connectivity index (χ0) is 14.4. The fraction of sp³-hybridized carbons (Fsp3) is 0.647. The van der Waals surface area contributed by atoms with Gasteiger partial charge in [-0.3, -0.25) is 0 Å². The number of hydrogen-bond acceptors (Lipinski definition) is 2. The van der Waals surface area contributed by atoms with Gasteiger partial charge in [0, 0.05) is 19.6 Å². The van der Waals surface area contributed by atoms with Gasteiger partial charge in [-0.1, -0.05) is 31.5 Å². The molecule has 0 amide bonds. The number of nitrogens with one attached hydrogen (secondary N) is 1. The molecule has 0 aliphatic heterocycles. The average molecular weight is 262 g/mol. The van der Waals surface area contributed by atoms with Gasteiger partial charge in [-0.15, -0.1) is 0 Å². The van der Waals surface area contributed by atoms with Crippen LogP contribution in [0, 0.1) is 26.7 Å². The molecule has 0 radical (unpaired) electrons. The number of rotatable bonds is 7. The van der Waals surface area contributed by atoms with Crippen LogP contribution in [0.15, 0.2) is 12.1 Å². The second-order valence-electron chi connectivity index (χ2n) is 6.21. The van der Waals surface area contributed by atoms with E-state index in [2.05, 4.69) is 64.0 Å². The maximum absolute atomic E-state index is 3.50. The Morgan fingerprint density at radius 2 is 1.68 bits per heavy atom. The number of benzene rings is 1. The summed E-state index contributed by atoms with van der Waals surface area (Å²) in [6.07, 6.45) is 0. The van der Waals surface area contributed by atoms with E-state index >= 15 is 0 Å². The largest absolute Gasteiger partial charge is 0.315 e. The van der Waals surface area contributed by atoms with Crippen LogP contribution < -0.4 is 5.32 Å². The predicted molar refractivity (Wildman–Crippen MR) is 84.7 cm³/mol. The van der Waals surface area contributed by atoms with E-state index in [1.54, 1.807) is 0 Å². The lowest BCUT2D eigenvalue weighted by molar-refractivity contribution is 0.320.